The maximum Gasteiger partial charge on any atom is 0.311 e. The van der Waals surface area contributed by atoms with E-state index in [0.29, 0.717) is 13.0 Å². The molecule has 1 atom stereocenters. The number of rotatable bonds is 4. The Morgan fingerprint density at radius 2 is 2.26 bits per heavy atom. The van der Waals surface area contributed by atoms with E-state index in [2.05, 4.69) is 14.9 Å². The lowest BCUT2D eigenvalue weighted by Gasteiger charge is -2.25. The summed E-state index contributed by atoms with van der Waals surface area (Å²) < 4.78 is 0. The van der Waals surface area contributed by atoms with Crippen LogP contribution >= 0.6 is 0 Å². The summed E-state index contributed by atoms with van der Waals surface area (Å²) in [6.07, 6.45) is 4.03. The van der Waals surface area contributed by atoms with Crippen LogP contribution in [0.4, 0.5) is 5.82 Å². The first-order valence-electron chi connectivity index (χ1n) is 6.77. The van der Waals surface area contributed by atoms with E-state index < -0.39 is 11.4 Å². The molecule has 19 heavy (non-hydrogen) atoms. The third-order valence-electron chi connectivity index (χ3n) is 3.89. The molecule has 1 fully saturated rings. The van der Waals surface area contributed by atoms with Crippen LogP contribution in [0.25, 0.3) is 0 Å². The molecule has 0 amide bonds. The van der Waals surface area contributed by atoms with Gasteiger partial charge in [0.25, 0.3) is 0 Å². The van der Waals surface area contributed by atoms with Crippen LogP contribution in [-0.4, -0.2) is 34.1 Å². The molecule has 1 aliphatic rings. The smallest absolute Gasteiger partial charge is 0.311 e. The lowest BCUT2D eigenvalue weighted by atomic mass is 9.83. The molecular weight excluding hydrogens is 242 g/mol. The molecule has 0 bridgehead atoms. The first-order valence-corrected chi connectivity index (χ1v) is 6.77. The van der Waals surface area contributed by atoms with Crippen molar-refractivity contribution in [3.05, 3.63) is 17.6 Å². The van der Waals surface area contributed by atoms with Crippen LogP contribution in [0.2, 0.25) is 0 Å². The monoisotopic (exact) mass is 263 g/mol. The Morgan fingerprint density at radius 1 is 1.53 bits per heavy atom. The highest BCUT2D eigenvalue weighted by Gasteiger charge is 2.44. The van der Waals surface area contributed by atoms with E-state index in [-0.39, 0.29) is 0 Å². The van der Waals surface area contributed by atoms with Crippen molar-refractivity contribution >= 4 is 11.8 Å². The van der Waals surface area contributed by atoms with Gasteiger partial charge in [-0.15, -0.1) is 0 Å². The van der Waals surface area contributed by atoms with Crippen molar-refractivity contribution in [2.24, 2.45) is 5.41 Å². The second-order valence-corrected chi connectivity index (χ2v) is 5.43. The van der Waals surface area contributed by atoms with Crippen molar-refractivity contribution in [1.29, 1.82) is 0 Å². The Labute approximate surface area is 113 Å². The molecule has 0 radical (unpaired) electrons. The lowest BCUT2D eigenvalue weighted by molar-refractivity contribution is -0.148. The minimum Gasteiger partial charge on any atom is -0.481 e. The van der Waals surface area contributed by atoms with E-state index >= 15 is 0 Å². The molecule has 104 valence electrons. The summed E-state index contributed by atoms with van der Waals surface area (Å²) in [7, 11) is 0. The molecule has 5 nitrogen and oxygen atoms in total. The molecule has 1 N–H and O–H groups in total. The van der Waals surface area contributed by atoms with Crippen LogP contribution < -0.4 is 4.90 Å². The van der Waals surface area contributed by atoms with Gasteiger partial charge >= 0.3 is 5.97 Å². The van der Waals surface area contributed by atoms with Gasteiger partial charge in [-0.05, 0) is 26.7 Å². The van der Waals surface area contributed by atoms with Gasteiger partial charge in [-0.2, -0.15) is 0 Å². The highest BCUT2D eigenvalue weighted by atomic mass is 16.4. The number of anilines is 1. The quantitative estimate of drug-likeness (QED) is 0.901. The Balaban J connectivity index is 2.25. The van der Waals surface area contributed by atoms with Gasteiger partial charge in [0.2, 0.25) is 0 Å². The number of hydrogen-bond acceptors (Lipinski definition) is 4. The van der Waals surface area contributed by atoms with Gasteiger partial charge in [-0.1, -0.05) is 13.3 Å². The van der Waals surface area contributed by atoms with Crippen LogP contribution in [-0.2, 0) is 4.79 Å². The van der Waals surface area contributed by atoms with Crippen LogP contribution in [0.15, 0.2) is 6.20 Å². The number of aryl methyl sites for hydroxylation is 2. The van der Waals surface area contributed by atoms with Gasteiger partial charge in [0.15, 0.2) is 0 Å². The Morgan fingerprint density at radius 3 is 2.89 bits per heavy atom. The van der Waals surface area contributed by atoms with Gasteiger partial charge in [0.1, 0.15) is 5.82 Å². The molecule has 1 unspecified atom stereocenters. The molecule has 2 heterocycles. The molecule has 2 rings (SSSR count). The molecule has 1 aromatic heterocycles. The van der Waals surface area contributed by atoms with Crippen molar-refractivity contribution in [2.45, 2.75) is 40.0 Å². The highest BCUT2D eigenvalue weighted by Crippen LogP contribution is 2.37. The van der Waals surface area contributed by atoms with Gasteiger partial charge in [0.05, 0.1) is 16.8 Å². The van der Waals surface area contributed by atoms with Crippen LogP contribution in [0.3, 0.4) is 0 Å². The average molecular weight is 263 g/mol. The summed E-state index contributed by atoms with van der Waals surface area (Å²) >= 11 is 0. The summed E-state index contributed by atoms with van der Waals surface area (Å²) in [4.78, 5) is 22.5. The van der Waals surface area contributed by atoms with Crippen molar-refractivity contribution < 1.29 is 9.90 Å². The molecular formula is C14H21N3O2. The van der Waals surface area contributed by atoms with E-state index in [1.165, 1.54) is 0 Å². The van der Waals surface area contributed by atoms with Crippen molar-refractivity contribution in [3.63, 3.8) is 0 Å². The fraction of sp³-hybridized carbons (Fsp3) is 0.643. The Kier molecular flexibility index (Phi) is 3.73. The van der Waals surface area contributed by atoms with E-state index in [1.807, 2.05) is 20.8 Å². The predicted octanol–water partition coefficient (Wildman–Crippen LogP) is 2.17. The number of nitrogens with zero attached hydrogens (tertiary/aromatic N) is 3. The minimum absolute atomic E-state index is 0.537. The number of aromatic nitrogens is 2. The summed E-state index contributed by atoms with van der Waals surface area (Å²) in [5.41, 5.74) is 1.11. The zero-order valence-electron chi connectivity index (χ0n) is 11.8. The molecule has 1 aliphatic heterocycles. The number of carboxylic acids is 1. The second kappa shape index (κ2) is 5.15. The van der Waals surface area contributed by atoms with E-state index in [1.54, 1.807) is 6.20 Å². The third-order valence-corrected chi connectivity index (χ3v) is 3.89. The molecule has 1 aromatic rings. The van der Waals surface area contributed by atoms with Gasteiger partial charge in [-0.3, -0.25) is 9.78 Å². The maximum absolute atomic E-state index is 11.6. The fourth-order valence-corrected chi connectivity index (χ4v) is 2.84. The summed E-state index contributed by atoms with van der Waals surface area (Å²) in [5.74, 6) is 0.148. The van der Waals surface area contributed by atoms with E-state index in [0.717, 1.165) is 36.6 Å². The van der Waals surface area contributed by atoms with Crippen LogP contribution in [0.1, 0.15) is 37.6 Å². The van der Waals surface area contributed by atoms with Gasteiger partial charge in [0, 0.05) is 19.3 Å². The van der Waals surface area contributed by atoms with Crippen molar-refractivity contribution in [2.75, 3.05) is 18.0 Å². The standard InChI is InChI=1S/C14H21N3O2/c1-4-5-14(13(18)19)6-7-17(9-14)12-11(3)15-8-10(2)16-12/h8H,4-7,9H2,1-3H3,(H,18,19). The minimum atomic E-state index is -0.685. The normalized spacial score (nSPS) is 22.8. The molecule has 0 aromatic carbocycles. The maximum atomic E-state index is 11.6. The van der Waals surface area contributed by atoms with E-state index in [4.69, 9.17) is 0 Å². The third kappa shape index (κ3) is 2.55. The lowest BCUT2D eigenvalue weighted by Crippen LogP contribution is -2.35. The zero-order chi connectivity index (χ0) is 14.0. The predicted molar refractivity (Wildman–Crippen MR) is 73.3 cm³/mol. The molecule has 1 saturated heterocycles. The first kappa shape index (κ1) is 13.8. The zero-order valence-corrected chi connectivity index (χ0v) is 11.8. The summed E-state index contributed by atoms with van der Waals surface area (Å²) in [6, 6.07) is 0. The van der Waals surface area contributed by atoms with E-state index in [9.17, 15) is 9.90 Å². The van der Waals surface area contributed by atoms with Crippen LogP contribution in [0, 0.1) is 19.3 Å². The van der Waals surface area contributed by atoms with Gasteiger partial charge < -0.3 is 10.0 Å². The number of aliphatic carboxylic acids is 1. The molecule has 0 aliphatic carbocycles. The van der Waals surface area contributed by atoms with Crippen LogP contribution in [0.5, 0.6) is 0 Å². The number of carbonyl (C=O) groups is 1. The highest BCUT2D eigenvalue weighted by molar-refractivity contribution is 5.76. The molecule has 0 saturated carbocycles. The van der Waals surface area contributed by atoms with Gasteiger partial charge in [-0.25, -0.2) is 4.98 Å². The average Bonchev–Trinajstić information content (AvgIpc) is 2.78. The Hall–Kier alpha value is -1.65. The van der Waals surface area contributed by atoms with Crippen molar-refractivity contribution in [1.82, 2.24) is 9.97 Å². The topological polar surface area (TPSA) is 66.3 Å². The number of hydrogen-bond donors (Lipinski definition) is 1. The van der Waals surface area contributed by atoms with Crippen molar-refractivity contribution in [3.8, 4) is 0 Å². The fourth-order valence-electron chi connectivity index (χ4n) is 2.84. The second-order valence-electron chi connectivity index (χ2n) is 5.43. The molecule has 5 heteroatoms. The number of carboxylic acid groups (broad SMARTS) is 1. The summed E-state index contributed by atoms with van der Waals surface area (Å²) in [6.45, 7) is 7.14. The summed E-state index contributed by atoms with van der Waals surface area (Å²) in [5, 5.41) is 9.52. The molecule has 0 spiro atoms. The Bertz CT molecular complexity index is 490. The SMILES string of the molecule is CCCC1(C(=O)O)CCN(c2nc(C)cnc2C)C1. The largest absolute Gasteiger partial charge is 0.481 e. The first-order chi connectivity index (χ1) is 8.98.